The second-order valence-corrected chi connectivity index (χ2v) is 5.39. The lowest BCUT2D eigenvalue weighted by Crippen LogP contribution is -2.11. The first-order valence-corrected chi connectivity index (χ1v) is 8.26. The van der Waals surface area contributed by atoms with Crippen LogP contribution in [0.4, 0.5) is 0 Å². The lowest BCUT2D eigenvalue weighted by molar-refractivity contribution is -0.149. The van der Waals surface area contributed by atoms with Crippen LogP contribution >= 0.6 is 0 Å². The zero-order valence-electron chi connectivity index (χ0n) is 13.4. The van der Waals surface area contributed by atoms with Crippen LogP contribution in [0, 0.1) is 0 Å². The van der Waals surface area contributed by atoms with Gasteiger partial charge in [-0.15, -0.1) is 0 Å². The molecule has 0 saturated heterocycles. The Morgan fingerprint density at radius 3 is 1.86 bits per heavy atom. The quantitative estimate of drug-likeness (QED) is 0.277. The van der Waals surface area contributed by atoms with Crippen molar-refractivity contribution >= 4 is 11.8 Å². The maximum Gasteiger partial charge on any atom is 0.372 e. The number of Topliss-reactive ketones (excluding diaryl/α,β-unsaturated/α-hetero) is 1. The average Bonchev–Trinajstić information content (AvgIpc) is 2.47. The Morgan fingerprint density at radius 1 is 0.810 bits per heavy atom. The maximum atomic E-state index is 10.8. The van der Waals surface area contributed by atoms with E-state index in [9.17, 15) is 9.59 Å². The van der Waals surface area contributed by atoms with Crippen LogP contribution < -0.4 is 0 Å². The van der Waals surface area contributed by atoms with Crippen molar-refractivity contribution < 1.29 is 14.7 Å². The highest BCUT2D eigenvalue weighted by Gasteiger charge is 2.09. The minimum absolute atomic E-state index is 0.173. The number of hydrogen-bond acceptors (Lipinski definition) is 2. The highest BCUT2D eigenvalue weighted by molar-refractivity contribution is 6.32. The second-order valence-electron chi connectivity index (χ2n) is 5.39. The van der Waals surface area contributed by atoms with Gasteiger partial charge in [0.25, 0.3) is 0 Å². The smallest absolute Gasteiger partial charge is 0.372 e. The van der Waals surface area contributed by atoms with Gasteiger partial charge in [0.1, 0.15) is 0 Å². The number of allylic oxidation sites excluding steroid dienone is 4. The van der Waals surface area contributed by atoms with Gasteiger partial charge < -0.3 is 5.11 Å². The maximum absolute atomic E-state index is 10.8. The van der Waals surface area contributed by atoms with E-state index in [1.807, 2.05) is 0 Å². The van der Waals surface area contributed by atoms with Gasteiger partial charge in [-0.25, -0.2) is 4.79 Å². The molecule has 21 heavy (non-hydrogen) atoms. The molecule has 0 aromatic rings. The molecule has 0 aliphatic carbocycles. The molecule has 1 N–H and O–H groups in total. The van der Waals surface area contributed by atoms with Gasteiger partial charge in [0.2, 0.25) is 5.78 Å². The molecule has 0 aliphatic rings. The summed E-state index contributed by atoms with van der Waals surface area (Å²) in [5, 5.41) is 8.42. The fourth-order valence-electron chi connectivity index (χ4n) is 2.05. The number of rotatable bonds is 14. The van der Waals surface area contributed by atoms with Crippen LogP contribution in [0.15, 0.2) is 24.3 Å². The second kappa shape index (κ2) is 15.0. The summed E-state index contributed by atoms with van der Waals surface area (Å²) in [6.07, 6.45) is 20.0. The lowest BCUT2D eigenvalue weighted by Gasteiger charge is -1.97. The summed E-state index contributed by atoms with van der Waals surface area (Å²) in [6, 6.07) is 0. The van der Waals surface area contributed by atoms with Crippen molar-refractivity contribution in [1.29, 1.82) is 0 Å². The molecule has 0 heterocycles. The van der Waals surface area contributed by atoms with Gasteiger partial charge in [-0.3, -0.25) is 4.79 Å². The Balaban J connectivity index is 3.30. The fourth-order valence-corrected chi connectivity index (χ4v) is 2.05. The third-order valence-corrected chi connectivity index (χ3v) is 3.37. The average molecular weight is 294 g/mol. The van der Waals surface area contributed by atoms with Crippen molar-refractivity contribution in [3.8, 4) is 0 Å². The van der Waals surface area contributed by atoms with E-state index in [4.69, 9.17) is 5.11 Å². The van der Waals surface area contributed by atoms with Gasteiger partial charge in [-0.1, -0.05) is 63.3 Å². The van der Waals surface area contributed by atoms with Crippen molar-refractivity contribution in [2.45, 2.75) is 77.6 Å². The molecular formula is C18H30O3. The van der Waals surface area contributed by atoms with Gasteiger partial charge in [0.05, 0.1) is 0 Å². The summed E-state index contributed by atoms with van der Waals surface area (Å²) in [6.45, 7) is 2.22. The highest BCUT2D eigenvalue weighted by atomic mass is 16.4. The summed E-state index contributed by atoms with van der Waals surface area (Å²) in [4.78, 5) is 21.1. The van der Waals surface area contributed by atoms with Crippen LogP contribution in [0.25, 0.3) is 0 Å². The van der Waals surface area contributed by atoms with Gasteiger partial charge in [0, 0.05) is 6.42 Å². The minimum Gasteiger partial charge on any atom is -0.476 e. The molecule has 0 aromatic carbocycles. The van der Waals surface area contributed by atoms with E-state index < -0.39 is 11.8 Å². The summed E-state index contributed by atoms with van der Waals surface area (Å²) in [5.74, 6) is -1.97. The summed E-state index contributed by atoms with van der Waals surface area (Å²) >= 11 is 0. The van der Waals surface area contributed by atoms with E-state index in [2.05, 4.69) is 31.2 Å². The molecule has 3 nitrogen and oxygen atoms in total. The first-order valence-electron chi connectivity index (χ1n) is 8.26. The Labute approximate surface area is 129 Å². The highest BCUT2D eigenvalue weighted by Crippen LogP contribution is 2.07. The molecule has 0 saturated carbocycles. The van der Waals surface area contributed by atoms with Gasteiger partial charge in [-0.05, 0) is 32.1 Å². The number of hydrogen-bond donors (Lipinski definition) is 1. The molecule has 0 fully saturated rings. The van der Waals surface area contributed by atoms with E-state index in [0.717, 1.165) is 25.7 Å². The standard InChI is InChI=1S/C18H30O3/c1-2-3-4-5-6-7-8-9-10-11-12-13-14-15-16-17(19)18(20)21/h7-10H,2-6,11-16H2,1H3,(H,20,21). The minimum atomic E-state index is -1.31. The normalized spacial score (nSPS) is 11.5. The van der Waals surface area contributed by atoms with Crippen molar-refractivity contribution in [2.24, 2.45) is 0 Å². The van der Waals surface area contributed by atoms with Gasteiger partial charge >= 0.3 is 5.97 Å². The number of carbonyl (C=O) groups excluding carboxylic acids is 1. The summed E-state index contributed by atoms with van der Waals surface area (Å²) in [7, 11) is 0. The van der Waals surface area contributed by atoms with E-state index in [1.54, 1.807) is 0 Å². The number of aliphatic carboxylic acids is 1. The molecule has 0 bridgehead atoms. The van der Waals surface area contributed by atoms with E-state index >= 15 is 0 Å². The topological polar surface area (TPSA) is 54.4 Å². The fraction of sp³-hybridized carbons (Fsp3) is 0.667. The predicted octanol–water partition coefficient (Wildman–Crippen LogP) is 5.06. The van der Waals surface area contributed by atoms with E-state index in [1.165, 1.54) is 32.1 Å². The van der Waals surface area contributed by atoms with Crippen LogP contribution in [0.1, 0.15) is 77.6 Å². The third kappa shape index (κ3) is 14.8. The van der Waals surface area contributed by atoms with Crippen molar-refractivity contribution in [1.82, 2.24) is 0 Å². The van der Waals surface area contributed by atoms with Crippen molar-refractivity contribution in [3.05, 3.63) is 24.3 Å². The number of carbonyl (C=O) groups is 2. The summed E-state index contributed by atoms with van der Waals surface area (Å²) in [5.41, 5.74) is 0. The Kier molecular flexibility index (Phi) is 14.0. The van der Waals surface area contributed by atoms with Gasteiger partial charge in [0.15, 0.2) is 0 Å². The zero-order valence-corrected chi connectivity index (χ0v) is 13.4. The number of carboxylic acid groups (broad SMARTS) is 1. The first-order chi connectivity index (χ1) is 10.2. The van der Waals surface area contributed by atoms with Crippen LogP contribution in [-0.2, 0) is 9.59 Å². The van der Waals surface area contributed by atoms with Crippen LogP contribution in [0.2, 0.25) is 0 Å². The third-order valence-electron chi connectivity index (χ3n) is 3.37. The molecule has 0 aliphatic heterocycles. The van der Waals surface area contributed by atoms with E-state index in [-0.39, 0.29) is 6.42 Å². The van der Waals surface area contributed by atoms with Crippen LogP contribution in [-0.4, -0.2) is 16.9 Å². The SMILES string of the molecule is CCCCCCC=CC=CCCCCCCC(=O)C(=O)O. The zero-order chi connectivity index (χ0) is 15.8. The number of carboxylic acids is 1. The Morgan fingerprint density at radius 2 is 1.33 bits per heavy atom. The molecular weight excluding hydrogens is 264 g/mol. The van der Waals surface area contributed by atoms with Crippen LogP contribution in [0.5, 0.6) is 0 Å². The van der Waals surface area contributed by atoms with Crippen molar-refractivity contribution in [2.75, 3.05) is 0 Å². The predicted molar refractivity (Wildman–Crippen MR) is 87.4 cm³/mol. The number of unbranched alkanes of at least 4 members (excludes halogenated alkanes) is 8. The van der Waals surface area contributed by atoms with Gasteiger partial charge in [-0.2, -0.15) is 0 Å². The Hall–Kier alpha value is -1.38. The summed E-state index contributed by atoms with van der Waals surface area (Å²) < 4.78 is 0. The molecule has 0 unspecified atom stereocenters. The molecule has 0 rings (SSSR count). The number of ketones is 1. The molecule has 0 atom stereocenters. The molecule has 0 radical (unpaired) electrons. The van der Waals surface area contributed by atoms with E-state index in [0.29, 0.717) is 6.42 Å². The molecule has 120 valence electrons. The first kappa shape index (κ1) is 19.6. The molecule has 0 spiro atoms. The van der Waals surface area contributed by atoms with Crippen LogP contribution in [0.3, 0.4) is 0 Å². The van der Waals surface area contributed by atoms with Crippen molar-refractivity contribution in [3.63, 3.8) is 0 Å². The molecule has 0 amide bonds. The molecule has 3 heteroatoms. The molecule has 0 aromatic heterocycles. The Bertz CT molecular complexity index is 329. The monoisotopic (exact) mass is 294 g/mol. The largest absolute Gasteiger partial charge is 0.476 e. The lowest BCUT2D eigenvalue weighted by atomic mass is 10.1.